The molecule has 0 atom stereocenters. The molecule has 0 aromatic heterocycles. The van der Waals surface area contributed by atoms with Gasteiger partial charge in [-0.15, -0.1) is 0 Å². The number of halogens is 3. The zero-order valence-electron chi connectivity index (χ0n) is 12.8. The van der Waals surface area contributed by atoms with E-state index in [9.17, 15) is 13.2 Å². The number of hydrogen-bond donors (Lipinski definition) is 0. The molecule has 118 valence electrons. The quantitative estimate of drug-likeness (QED) is 0.641. The Morgan fingerprint density at radius 3 is 2.32 bits per heavy atom. The largest absolute Gasteiger partial charge is 0.216 e. The van der Waals surface area contributed by atoms with Crippen LogP contribution in [0, 0.1) is 35.3 Å². The van der Waals surface area contributed by atoms with Crippen LogP contribution in [0.4, 0.5) is 13.2 Å². The molecule has 0 nitrogen and oxygen atoms in total. The first-order chi connectivity index (χ1) is 10.6. The van der Waals surface area contributed by atoms with E-state index in [0.29, 0.717) is 18.3 Å². The number of benzene rings is 1. The summed E-state index contributed by atoms with van der Waals surface area (Å²) in [6, 6.07) is 2.75. The molecule has 0 unspecified atom stereocenters. The van der Waals surface area contributed by atoms with Gasteiger partial charge in [0.05, 0.1) is 11.9 Å². The van der Waals surface area contributed by atoms with E-state index in [0.717, 1.165) is 32.1 Å². The fourth-order valence-corrected chi connectivity index (χ4v) is 2.91. The van der Waals surface area contributed by atoms with Gasteiger partial charge in [-0.05, 0) is 55.7 Å². The molecule has 0 bridgehead atoms. The monoisotopic (exact) mass is 306 g/mol. The second-order valence-corrected chi connectivity index (χ2v) is 5.88. The van der Waals surface area contributed by atoms with Crippen LogP contribution >= 0.6 is 0 Å². The Hall–Kier alpha value is -1.69. The molecule has 0 heterocycles. The van der Waals surface area contributed by atoms with Crippen LogP contribution in [0.1, 0.15) is 50.2 Å². The van der Waals surface area contributed by atoms with Crippen molar-refractivity contribution in [2.45, 2.75) is 45.4 Å². The minimum Gasteiger partial charge on any atom is -0.216 e. The van der Waals surface area contributed by atoms with Crippen LogP contribution in [0.5, 0.6) is 0 Å². The molecule has 1 aromatic carbocycles. The first kappa shape index (κ1) is 16.7. The van der Waals surface area contributed by atoms with Gasteiger partial charge in [0.15, 0.2) is 0 Å². The van der Waals surface area contributed by atoms with Crippen molar-refractivity contribution in [3.63, 3.8) is 0 Å². The Labute approximate surface area is 130 Å². The molecule has 3 heteroatoms. The SMILES string of the molecule is CCCc1cc(F)c(C#CC2CCC(C=CF)CC2)c(F)c1. The summed E-state index contributed by atoms with van der Waals surface area (Å²) in [5, 5.41) is 0. The van der Waals surface area contributed by atoms with E-state index in [4.69, 9.17) is 0 Å². The highest BCUT2D eigenvalue weighted by Gasteiger charge is 2.18. The summed E-state index contributed by atoms with van der Waals surface area (Å²) in [5.74, 6) is 4.91. The molecule has 1 aliphatic carbocycles. The summed E-state index contributed by atoms with van der Waals surface area (Å²) in [4.78, 5) is 0. The van der Waals surface area contributed by atoms with Gasteiger partial charge in [-0.3, -0.25) is 0 Å². The molecule has 1 saturated carbocycles. The van der Waals surface area contributed by atoms with Gasteiger partial charge in [0.1, 0.15) is 11.6 Å². The standard InChI is InChI=1S/C19H21F3/c1-2-3-16-12-18(21)17(19(22)13-16)9-8-14-4-6-15(7-5-14)10-11-20/h10-15H,2-7H2,1H3. The first-order valence-corrected chi connectivity index (χ1v) is 7.90. The summed E-state index contributed by atoms with van der Waals surface area (Å²) in [6.45, 7) is 1.97. The third-order valence-electron chi connectivity index (χ3n) is 4.16. The Bertz CT molecular complexity index is 561. The molecule has 0 amide bonds. The zero-order valence-corrected chi connectivity index (χ0v) is 12.8. The summed E-state index contributed by atoms with van der Waals surface area (Å²) in [5.41, 5.74) is 0.534. The highest BCUT2D eigenvalue weighted by molar-refractivity contribution is 5.39. The number of rotatable bonds is 3. The van der Waals surface area contributed by atoms with E-state index < -0.39 is 11.6 Å². The first-order valence-electron chi connectivity index (χ1n) is 7.90. The Balaban J connectivity index is 2.06. The van der Waals surface area contributed by atoms with E-state index >= 15 is 0 Å². The summed E-state index contributed by atoms with van der Waals surface area (Å²) in [6.07, 6.45) is 7.13. The molecule has 1 fully saturated rings. The third kappa shape index (κ3) is 4.40. The maximum absolute atomic E-state index is 14.0. The van der Waals surface area contributed by atoms with E-state index in [1.807, 2.05) is 6.92 Å². The second kappa shape index (κ2) is 8.08. The molecule has 1 aliphatic rings. The van der Waals surface area contributed by atoms with E-state index in [2.05, 4.69) is 11.8 Å². The topological polar surface area (TPSA) is 0 Å². The summed E-state index contributed by atoms with van der Waals surface area (Å²) in [7, 11) is 0. The van der Waals surface area contributed by atoms with Crippen LogP contribution < -0.4 is 0 Å². The lowest BCUT2D eigenvalue weighted by atomic mass is 9.82. The summed E-state index contributed by atoms with van der Waals surface area (Å²) >= 11 is 0. The van der Waals surface area contributed by atoms with Gasteiger partial charge in [0.2, 0.25) is 0 Å². The van der Waals surface area contributed by atoms with Crippen LogP contribution in [-0.2, 0) is 6.42 Å². The van der Waals surface area contributed by atoms with Crippen molar-refractivity contribution in [2.75, 3.05) is 0 Å². The average molecular weight is 306 g/mol. The second-order valence-electron chi connectivity index (χ2n) is 5.88. The molecule has 0 saturated heterocycles. The smallest absolute Gasteiger partial charge is 0.142 e. The van der Waals surface area contributed by atoms with Crippen molar-refractivity contribution in [3.05, 3.63) is 47.3 Å². The van der Waals surface area contributed by atoms with Crippen LogP contribution in [0.15, 0.2) is 24.5 Å². The predicted octanol–water partition coefficient (Wildman–Crippen LogP) is 5.56. The van der Waals surface area contributed by atoms with Gasteiger partial charge in [-0.2, -0.15) is 0 Å². The van der Waals surface area contributed by atoms with E-state index in [1.165, 1.54) is 12.1 Å². The molecule has 0 aliphatic heterocycles. The van der Waals surface area contributed by atoms with Crippen molar-refractivity contribution in [3.8, 4) is 11.8 Å². The molecule has 0 spiro atoms. The Morgan fingerprint density at radius 1 is 1.14 bits per heavy atom. The Kier molecular flexibility index (Phi) is 6.12. The van der Waals surface area contributed by atoms with Crippen LogP contribution in [-0.4, -0.2) is 0 Å². The molecule has 22 heavy (non-hydrogen) atoms. The highest BCUT2D eigenvalue weighted by atomic mass is 19.1. The van der Waals surface area contributed by atoms with Crippen LogP contribution in [0.3, 0.4) is 0 Å². The normalized spacial score (nSPS) is 21.6. The van der Waals surface area contributed by atoms with Crippen molar-refractivity contribution in [2.24, 2.45) is 11.8 Å². The lowest BCUT2D eigenvalue weighted by molar-refractivity contribution is 0.362. The lowest BCUT2D eigenvalue weighted by Gasteiger charge is -2.22. The minimum atomic E-state index is -0.579. The van der Waals surface area contributed by atoms with Crippen LogP contribution in [0.2, 0.25) is 0 Å². The summed E-state index contributed by atoms with van der Waals surface area (Å²) < 4.78 is 40.0. The van der Waals surface area contributed by atoms with Gasteiger partial charge in [-0.1, -0.05) is 31.3 Å². The Morgan fingerprint density at radius 2 is 1.77 bits per heavy atom. The van der Waals surface area contributed by atoms with E-state index in [1.54, 1.807) is 6.08 Å². The molecule has 0 radical (unpaired) electrons. The minimum absolute atomic E-state index is 0.134. The van der Waals surface area contributed by atoms with Gasteiger partial charge in [0, 0.05) is 5.92 Å². The molecule has 0 N–H and O–H groups in total. The number of allylic oxidation sites excluding steroid dienone is 1. The maximum Gasteiger partial charge on any atom is 0.142 e. The fraction of sp³-hybridized carbons (Fsp3) is 0.474. The van der Waals surface area contributed by atoms with Gasteiger partial charge in [-0.25, -0.2) is 13.2 Å². The van der Waals surface area contributed by atoms with Crippen molar-refractivity contribution in [1.82, 2.24) is 0 Å². The molecule has 2 rings (SSSR count). The number of aryl methyl sites for hydroxylation is 1. The van der Waals surface area contributed by atoms with Gasteiger partial charge < -0.3 is 0 Å². The molecular weight excluding hydrogens is 285 g/mol. The lowest BCUT2D eigenvalue weighted by Crippen LogP contribution is -2.11. The highest BCUT2D eigenvalue weighted by Crippen LogP contribution is 2.29. The molecule has 1 aromatic rings. The zero-order chi connectivity index (χ0) is 15.9. The van der Waals surface area contributed by atoms with Crippen molar-refractivity contribution < 1.29 is 13.2 Å². The van der Waals surface area contributed by atoms with Gasteiger partial charge >= 0.3 is 0 Å². The number of hydrogen-bond acceptors (Lipinski definition) is 0. The van der Waals surface area contributed by atoms with Crippen molar-refractivity contribution in [1.29, 1.82) is 0 Å². The van der Waals surface area contributed by atoms with Crippen molar-refractivity contribution >= 4 is 0 Å². The predicted molar refractivity (Wildman–Crippen MR) is 82.9 cm³/mol. The van der Waals surface area contributed by atoms with E-state index in [-0.39, 0.29) is 17.4 Å². The average Bonchev–Trinajstić information content (AvgIpc) is 2.49. The third-order valence-corrected chi connectivity index (χ3v) is 4.16. The van der Waals surface area contributed by atoms with Gasteiger partial charge in [0.25, 0.3) is 0 Å². The maximum atomic E-state index is 14.0. The fourth-order valence-electron chi connectivity index (χ4n) is 2.91. The van der Waals surface area contributed by atoms with Crippen LogP contribution in [0.25, 0.3) is 0 Å². The molecular formula is C19H21F3.